The van der Waals surface area contributed by atoms with Gasteiger partial charge in [-0.3, -0.25) is 4.68 Å². The molecule has 2 N–H and O–H groups in total. The van der Waals surface area contributed by atoms with Gasteiger partial charge in [-0.15, -0.1) is 0 Å². The molecule has 2 rings (SSSR count). The SMILES string of the molecule is CCn1cc(CC2(CN)CCCC2)cn1. The van der Waals surface area contributed by atoms with Crippen LogP contribution in [0.1, 0.15) is 38.2 Å². The van der Waals surface area contributed by atoms with Gasteiger partial charge in [0.15, 0.2) is 0 Å². The molecule has 1 aromatic rings. The smallest absolute Gasteiger partial charge is 0.0521 e. The van der Waals surface area contributed by atoms with Gasteiger partial charge in [0, 0.05) is 12.7 Å². The third kappa shape index (κ3) is 2.23. The Morgan fingerprint density at radius 3 is 2.73 bits per heavy atom. The predicted molar refractivity (Wildman–Crippen MR) is 61.6 cm³/mol. The van der Waals surface area contributed by atoms with E-state index in [4.69, 9.17) is 5.73 Å². The Morgan fingerprint density at radius 1 is 1.47 bits per heavy atom. The topological polar surface area (TPSA) is 43.8 Å². The summed E-state index contributed by atoms with van der Waals surface area (Å²) in [6.07, 6.45) is 10.6. The van der Waals surface area contributed by atoms with E-state index in [9.17, 15) is 0 Å². The Hall–Kier alpha value is -0.830. The number of nitrogens with two attached hydrogens (primary N) is 1. The van der Waals surface area contributed by atoms with Crippen molar-refractivity contribution < 1.29 is 0 Å². The van der Waals surface area contributed by atoms with Gasteiger partial charge in [-0.2, -0.15) is 5.10 Å². The van der Waals surface area contributed by atoms with Crippen LogP contribution in [0.5, 0.6) is 0 Å². The molecule has 1 fully saturated rings. The molecule has 3 heteroatoms. The highest BCUT2D eigenvalue weighted by Gasteiger charge is 2.32. The Labute approximate surface area is 91.7 Å². The van der Waals surface area contributed by atoms with Crippen molar-refractivity contribution >= 4 is 0 Å². The molecule has 0 spiro atoms. The highest BCUT2D eigenvalue weighted by atomic mass is 15.3. The van der Waals surface area contributed by atoms with E-state index in [2.05, 4.69) is 18.2 Å². The van der Waals surface area contributed by atoms with E-state index >= 15 is 0 Å². The number of rotatable bonds is 4. The molecule has 1 heterocycles. The summed E-state index contributed by atoms with van der Waals surface area (Å²) in [7, 11) is 0. The fourth-order valence-corrected chi connectivity index (χ4v) is 2.68. The molecule has 0 saturated heterocycles. The average molecular weight is 207 g/mol. The van der Waals surface area contributed by atoms with Crippen molar-refractivity contribution in [3.63, 3.8) is 0 Å². The first-order valence-electron chi connectivity index (χ1n) is 5.99. The monoisotopic (exact) mass is 207 g/mol. The highest BCUT2D eigenvalue weighted by molar-refractivity contribution is 5.09. The van der Waals surface area contributed by atoms with Crippen molar-refractivity contribution in [1.29, 1.82) is 0 Å². The van der Waals surface area contributed by atoms with Crippen LogP contribution in [0.25, 0.3) is 0 Å². The van der Waals surface area contributed by atoms with Gasteiger partial charge in [0.2, 0.25) is 0 Å². The van der Waals surface area contributed by atoms with E-state index in [1.165, 1.54) is 31.2 Å². The lowest BCUT2D eigenvalue weighted by molar-refractivity contribution is 0.306. The van der Waals surface area contributed by atoms with Crippen molar-refractivity contribution in [2.24, 2.45) is 11.1 Å². The second-order valence-corrected chi connectivity index (χ2v) is 4.79. The molecule has 0 radical (unpaired) electrons. The molecular formula is C12H21N3. The van der Waals surface area contributed by atoms with Gasteiger partial charge in [-0.25, -0.2) is 0 Å². The summed E-state index contributed by atoms with van der Waals surface area (Å²) >= 11 is 0. The van der Waals surface area contributed by atoms with E-state index in [0.717, 1.165) is 19.5 Å². The third-order valence-corrected chi connectivity index (χ3v) is 3.69. The fraction of sp³-hybridized carbons (Fsp3) is 0.750. The van der Waals surface area contributed by atoms with E-state index in [1.54, 1.807) is 0 Å². The maximum Gasteiger partial charge on any atom is 0.0521 e. The van der Waals surface area contributed by atoms with Crippen LogP contribution in [0, 0.1) is 5.41 Å². The largest absolute Gasteiger partial charge is 0.330 e. The second-order valence-electron chi connectivity index (χ2n) is 4.79. The van der Waals surface area contributed by atoms with Gasteiger partial charge in [-0.05, 0) is 43.7 Å². The molecule has 1 aromatic heterocycles. The minimum Gasteiger partial charge on any atom is -0.330 e. The molecule has 0 unspecified atom stereocenters. The van der Waals surface area contributed by atoms with Gasteiger partial charge >= 0.3 is 0 Å². The molecule has 1 aliphatic rings. The van der Waals surface area contributed by atoms with Gasteiger partial charge in [0.25, 0.3) is 0 Å². The molecule has 1 aliphatic carbocycles. The second kappa shape index (κ2) is 4.35. The van der Waals surface area contributed by atoms with Gasteiger partial charge < -0.3 is 5.73 Å². The third-order valence-electron chi connectivity index (χ3n) is 3.69. The van der Waals surface area contributed by atoms with Crippen LogP contribution in [0.15, 0.2) is 12.4 Å². The van der Waals surface area contributed by atoms with Gasteiger partial charge in [0.1, 0.15) is 0 Å². The number of aromatic nitrogens is 2. The first-order valence-corrected chi connectivity index (χ1v) is 5.99. The normalized spacial score (nSPS) is 19.6. The zero-order chi connectivity index (χ0) is 10.7. The zero-order valence-electron chi connectivity index (χ0n) is 9.58. The fourth-order valence-electron chi connectivity index (χ4n) is 2.68. The standard InChI is InChI=1S/C12H21N3/c1-2-15-9-11(8-14-15)7-12(10-13)5-3-4-6-12/h8-9H,2-7,10,13H2,1H3. The first kappa shape index (κ1) is 10.7. The summed E-state index contributed by atoms with van der Waals surface area (Å²) in [6.45, 7) is 3.89. The Balaban J connectivity index is 2.05. The van der Waals surface area contributed by atoms with Crippen molar-refractivity contribution in [3.05, 3.63) is 18.0 Å². The maximum absolute atomic E-state index is 5.93. The lowest BCUT2D eigenvalue weighted by Crippen LogP contribution is -2.29. The van der Waals surface area contributed by atoms with E-state index in [-0.39, 0.29) is 0 Å². The molecule has 84 valence electrons. The number of nitrogens with zero attached hydrogens (tertiary/aromatic N) is 2. The lowest BCUT2D eigenvalue weighted by Gasteiger charge is -2.26. The van der Waals surface area contributed by atoms with Crippen molar-refractivity contribution in [2.75, 3.05) is 6.54 Å². The van der Waals surface area contributed by atoms with Crippen LogP contribution in [0.3, 0.4) is 0 Å². The van der Waals surface area contributed by atoms with Gasteiger partial charge in [-0.1, -0.05) is 12.8 Å². The highest BCUT2D eigenvalue weighted by Crippen LogP contribution is 2.39. The van der Waals surface area contributed by atoms with Crippen LogP contribution < -0.4 is 5.73 Å². The molecule has 0 bridgehead atoms. The number of aryl methyl sites for hydroxylation is 1. The van der Waals surface area contributed by atoms with Crippen molar-refractivity contribution in [3.8, 4) is 0 Å². The summed E-state index contributed by atoms with van der Waals surface area (Å²) in [5.41, 5.74) is 7.66. The van der Waals surface area contributed by atoms with E-state index < -0.39 is 0 Å². The van der Waals surface area contributed by atoms with Crippen LogP contribution in [-0.2, 0) is 13.0 Å². The number of hydrogen-bond donors (Lipinski definition) is 1. The Bertz CT molecular complexity index is 310. The minimum atomic E-state index is 0.377. The zero-order valence-corrected chi connectivity index (χ0v) is 9.58. The average Bonchev–Trinajstić information content (AvgIpc) is 2.88. The molecule has 15 heavy (non-hydrogen) atoms. The molecule has 3 nitrogen and oxygen atoms in total. The molecule has 1 saturated carbocycles. The summed E-state index contributed by atoms with van der Waals surface area (Å²) < 4.78 is 1.99. The first-order chi connectivity index (χ1) is 7.28. The van der Waals surface area contributed by atoms with Crippen LogP contribution >= 0.6 is 0 Å². The van der Waals surface area contributed by atoms with Crippen molar-refractivity contribution in [2.45, 2.75) is 45.6 Å². The predicted octanol–water partition coefficient (Wildman–Crippen LogP) is 1.96. The minimum absolute atomic E-state index is 0.377. The lowest BCUT2D eigenvalue weighted by atomic mass is 9.81. The Morgan fingerprint density at radius 2 is 2.20 bits per heavy atom. The Kier molecular flexibility index (Phi) is 3.10. The molecule has 0 aliphatic heterocycles. The maximum atomic E-state index is 5.93. The summed E-state index contributed by atoms with van der Waals surface area (Å²) in [5, 5.41) is 4.32. The van der Waals surface area contributed by atoms with Crippen LogP contribution in [0.2, 0.25) is 0 Å². The van der Waals surface area contributed by atoms with Gasteiger partial charge in [0.05, 0.1) is 6.20 Å². The van der Waals surface area contributed by atoms with Crippen molar-refractivity contribution in [1.82, 2.24) is 9.78 Å². The van der Waals surface area contributed by atoms with E-state index in [1.807, 2.05) is 10.9 Å². The molecule has 0 amide bonds. The summed E-state index contributed by atoms with van der Waals surface area (Å²) in [6, 6.07) is 0. The molecule has 0 aromatic carbocycles. The molecular weight excluding hydrogens is 186 g/mol. The summed E-state index contributed by atoms with van der Waals surface area (Å²) in [4.78, 5) is 0. The van der Waals surface area contributed by atoms with Crippen LogP contribution in [0.4, 0.5) is 0 Å². The van der Waals surface area contributed by atoms with Crippen LogP contribution in [-0.4, -0.2) is 16.3 Å². The number of hydrogen-bond acceptors (Lipinski definition) is 2. The molecule has 0 atom stereocenters. The summed E-state index contributed by atoms with van der Waals surface area (Å²) in [5.74, 6) is 0. The van der Waals surface area contributed by atoms with E-state index in [0.29, 0.717) is 5.41 Å². The quantitative estimate of drug-likeness (QED) is 0.820.